The molecule has 2 aromatic rings. The molecule has 0 aliphatic heterocycles. The van der Waals surface area contributed by atoms with Crippen molar-refractivity contribution in [2.24, 2.45) is 0 Å². The van der Waals surface area contributed by atoms with Gasteiger partial charge < -0.3 is 5.11 Å². The van der Waals surface area contributed by atoms with Crippen LogP contribution in [0.3, 0.4) is 0 Å². The van der Waals surface area contributed by atoms with Gasteiger partial charge in [0.15, 0.2) is 0 Å². The molecule has 0 heterocycles. The Kier molecular flexibility index (Phi) is 6.26. The largest absolute Gasteiger partial charge is 0.478 e. The summed E-state index contributed by atoms with van der Waals surface area (Å²) in [5, 5.41) is 9.14. The lowest BCUT2D eigenvalue weighted by molar-refractivity contribution is 0.0697. The highest BCUT2D eigenvalue weighted by Crippen LogP contribution is 2.47. The van der Waals surface area contributed by atoms with Gasteiger partial charge in [0.1, 0.15) is 0 Å². The molecule has 0 aromatic heterocycles. The summed E-state index contributed by atoms with van der Waals surface area (Å²) < 4.78 is 0. The smallest absolute Gasteiger partial charge is 0.335 e. The lowest BCUT2D eigenvalue weighted by atomic mass is 9.62. The Morgan fingerprint density at radius 1 is 1.00 bits per heavy atom. The second-order valence-corrected chi connectivity index (χ2v) is 10.2. The SMILES string of the molecule is CCCCc1cc2c(cc1C(C)=Cc1ccc(C(=O)O)cc1)C(C)(C)CCC2(C)C. The molecule has 0 atom stereocenters. The molecule has 1 N–H and O–H groups in total. The van der Waals surface area contributed by atoms with E-state index in [-0.39, 0.29) is 10.8 Å². The van der Waals surface area contributed by atoms with Crippen LogP contribution in [0.4, 0.5) is 0 Å². The topological polar surface area (TPSA) is 37.3 Å². The van der Waals surface area contributed by atoms with E-state index in [1.54, 1.807) is 12.1 Å². The van der Waals surface area contributed by atoms with Crippen molar-refractivity contribution in [2.75, 3.05) is 0 Å². The molecule has 0 bridgehead atoms. The summed E-state index contributed by atoms with van der Waals surface area (Å²) in [5.41, 5.74) is 8.80. The van der Waals surface area contributed by atoms with Crippen LogP contribution in [0, 0.1) is 0 Å². The van der Waals surface area contributed by atoms with Gasteiger partial charge in [0, 0.05) is 0 Å². The molecule has 2 nitrogen and oxygen atoms in total. The maximum Gasteiger partial charge on any atom is 0.335 e. The van der Waals surface area contributed by atoms with Gasteiger partial charge in [-0.2, -0.15) is 0 Å². The highest BCUT2D eigenvalue weighted by atomic mass is 16.4. The highest BCUT2D eigenvalue weighted by molar-refractivity contribution is 5.88. The van der Waals surface area contributed by atoms with E-state index in [9.17, 15) is 4.79 Å². The molecular formula is C28H36O2. The molecule has 0 unspecified atom stereocenters. The molecule has 2 aromatic carbocycles. The van der Waals surface area contributed by atoms with Gasteiger partial charge in [0.05, 0.1) is 5.56 Å². The Labute approximate surface area is 182 Å². The predicted molar refractivity (Wildman–Crippen MR) is 127 cm³/mol. The molecule has 0 amide bonds. The second-order valence-electron chi connectivity index (χ2n) is 10.2. The molecule has 30 heavy (non-hydrogen) atoms. The minimum absolute atomic E-state index is 0.187. The maximum absolute atomic E-state index is 11.1. The number of fused-ring (bicyclic) bond motifs is 1. The summed E-state index contributed by atoms with van der Waals surface area (Å²) in [6, 6.07) is 12.1. The number of hydrogen-bond acceptors (Lipinski definition) is 1. The van der Waals surface area contributed by atoms with Crippen LogP contribution in [0.1, 0.15) is 105 Å². The molecule has 2 heteroatoms. The van der Waals surface area contributed by atoms with Crippen LogP contribution >= 0.6 is 0 Å². The first kappa shape index (κ1) is 22.3. The van der Waals surface area contributed by atoms with Crippen LogP contribution in [0.2, 0.25) is 0 Å². The number of aryl methyl sites for hydroxylation is 1. The molecule has 0 radical (unpaired) electrons. The molecule has 160 valence electrons. The van der Waals surface area contributed by atoms with Crippen molar-refractivity contribution in [1.29, 1.82) is 0 Å². The summed E-state index contributed by atoms with van der Waals surface area (Å²) in [6.45, 7) is 14.0. The zero-order valence-corrected chi connectivity index (χ0v) is 19.4. The fourth-order valence-electron chi connectivity index (χ4n) is 4.65. The van der Waals surface area contributed by atoms with Crippen molar-refractivity contribution in [3.63, 3.8) is 0 Å². The monoisotopic (exact) mass is 404 g/mol. The van der Waals surface area contributed by atoms with E-state index in [0.29, 0.717) is 5.56 Å². The van der Waals surface area contributed by atoms with Crippen molar-refractivity contribution in [1.82, 2.24) is 0 Å². The standard InChI is InChI=1S/C28H36O2/c1-7-8-9-22-17-24-25(28(5,6)15-14-27(24,3)4)18-23(22)19(2)16-20-10-12-21(13-11-20)26(29)30/h10-13,16-18H,7-9,14-15H2,1-6H3,(H,29,30). The number of hydrogen-bond donors (Lipinski definition) is 1. The van der Waals surface area contributed by atoms with E-state index in [0.717, 1.165) is 12.0 Å². The number of carbonyl (C=O) groups is 1. The van der Waals surface area contributed by atoms with Gasteiger partial charge in [-0.25, -0.2) is 4.79 Å². The van der Waals surface area contributed by atoms with E-state index < -0.39 is 5.97 Å². The first-order valence-electron chi connectivity index (χ1n) is 11.2. The Balaban J connectivity index is 2.11. The minimum Gasteiger partial charge on any atom is -0.478 e. The van der Waals surface area contributed by atoms with Crippen molar-refractivity contribution < 1.29 is 9.90 Å². The van der Waals surface area contributed by atoms with Crippen LogP contribution in [0.25, 0.3) is 11.6 Å². The second kappa shape index (κ2) is 8.41. The van der Waals surface area contributed by atoms with E-state index in [2.05, 4.69) is 59.8 Å². The van der Waals surface area contributed by atoms with Crippen LogP contribution in [-0.4, -0.2) is 11.1 Å². The normalized spacial score (nSPS) is 17.5. The third kappa shape index (κ3) is 4.53. The van der Waals surface area contributed by atoms with Crippen LogP contribution in [0.5, 0.6) is 0 Å². The fourth-order valence-corrected chi connectivity index (χ4v) is 4.65. The van der Waals surface area contributed by atoms with Crippen molar-refractivity contribution in [3.8, 4) is 0 Å². The average Bonchev–Trinajstić information content (AvgIpc) is 2.69. The molecule has 3 rings (SSSR count). The molecule has 0 saturated carbocycles. The van der Waals surface area contributed by atoms with Crippen LogP contribution in [0.15, 0.2) is 36.4 Å². The van der Waals surface area contributed by atoms with Gasteiger partial charge in [0.25, 0.3) is 0 Å². The summed E-state index contributed by atoms with van der Waals surface area (Å²) in [7, 11) is 0. The van der Waals surface area contributed by atoms with Gasteiger partial charge in [-0.15, -0.1) is 0 Å². The number of rotatable bonds is 6. The molecule has 0 spiro atoms. The van der Waals surface area contributed by atoms with E-state index in [1.807, 2.05) is 12.1 Å². The minimum atomic E-state index is -0.886. The van der Waals surface area contributed by atoms with Gasteiger partial charge in [-0.05, 0) is 89.0 Å². The predicted octanol–water partition coefficient (Wildman–Crippen LogP) is 7.64. The Morgan fingerprint density at radius 2 is 1.57 bits per heavy atom. The van der Waals surface area contributed by atoms with Gasteiger partial charge in [0.2, 0.25) is 0 Å². The van der Waals surface area contributed by atoms with E-state index in [1.165, 1.54) is 53.5 Å². The van der Waals surface area contributed by atoms with Gasteiger partial charge >= 0.3 is 5.97 Å². The average molecular weight is 405 g/mol. The number of carboxylic acids is 1. The van der Waals surface area contributed by atoms with Gasteiger partial charge in [-0.3, -0.25) is 0 Å². The summed E-state index contributed by atoms with van der Waals surface area (Å²) in [6.07, 6.45) is 8.09. The first-order chi connectivity index (χ1) is 14.0. The number of carboxylic acid groups (broad SMARTS) is 1. The number of unbranched alkanes of at least 4 members (excludes halogenated alkanes) is 1. The van der Waals surface area contributed by atoms with Crippen LogP contribution in [-0.2, 0) is 17.3 Å². The Hall–Kier alpha value is -2.35. The third-order valence-electron chi connectivity index (χ3n) is 6.84. The van der Waals surface area contributed by atoms with E-state index in [4.69, 9.17) is 5.11 Å². The zero-order valence-electron chi connectivity index (χ0n) is 19.4. The summed E-state index contributed by atoms with van der Waals surface area (Å²) in [5.74, 6) is -0.886. The number of aromatic carboxylic acids is 1. The zero-order chi connectivity index (χ0) is 22.1. The maximum atomic E-state index is 11.1. The quantitative estimate of drug-likeness (QED) is 0.502. The Morgan fingerprint density at radius 3 is 2.10 bits per heavy atom. The molecule has 0 fully saturated rings. The highest BCUT2D eigenvalue weighted by Gasteiger charge is 2.37. The molecule has 1 aliphatic rings. The van der Waals surface area contributed by atoms with Crippen molar-refractivity contribution in [3.05, 3.63) is 69.8 Å². The number of allylic oxidation sites excluding steroid dienone is 1. The fraction of sp³-hybridized carbons (Fsp3) is 0.464. The summed E-state index contributed by atoms with van der Waals surface area (Å²) in [4.78, 5) is 11.1. The van der Waals surface area contributed by atoms with Crippen molar-refractivity contribution in [2.45, 2.75) is 84.5 Å². The van der Waals surface area contributed by atoms with Crippen molar-refractivity contribution >= 4 is 17.6 Å². The number of benzene rings is 2. The first-order valence-corrected chi connectivity index (χ1v) is 11.2. The van der Waals surface area contributed by atoms with E-state index >= 15 is 0 Å². The Bertz CT molecular complexity index is 959. The van der Waals surface area contributed by atoms with Gasteiger partial charge in [-0.1, -0.05) is 71.4 Å². The third-order valence-corrected chi connectivity index (χ3v) is 6.84. The lowest BCUT2D eigenvalue weighted by Gasteiger charge is -2.42. The lowest BCUT2D eigenvalue weighted by Crippen LogP contribution is -2.34. The molecular weight excluding hydrogens is 368 g/mol. The van der Waals surface area contributed by atoms with Crippen LogP contribution < -0.4 is 0 Å². The summed E-state index contributed by atoms with van der Waals surface area (Å²) >= 11 is 0. The molecule has 1 aliphatic carbocycles. The molecule has 0 saturated heterocycles.